The van der Waals surface area contributed by atoms with Crippen LogP contribution < -0.4 is 0 Å². The highest BCUT2D eigenvalue weighted by Gasteiger charge is 2.26. The Morgan fingerprint density at radius 2 is 1.85 bits per heavy atom. The molecule has 10 nitrogen and oxygen atoms in total. The number of hydrogen-bond acceptors (Lipinski definition) is 7. The van der Waals surface area contributed by atoms with Gasteiger partial charge in [0, 0.05) is 70.1 Å². The van der Waals surface area contributed by atoms with Gasteiger partial charge in [0.1, 0.15) is 11.4 Å². The third-order valence-corrected chi connectivity index (χ3v) is 6.85. The van der Waals surface area contributed by atoms with Gasteiger partial charge in [0.25, 0.3) is 0 Å². The number of nitrogens with one attached hydrogen (secondary N) is 1. The van der Waals surface area contributed by atoms with Crippen LogP contribution in [0.15, 0.2) is 36.5 Å². The molecule has 1 amide bonds. The molecule has 40 heavy (non-hydrogen) atoms. The summed E-state index contributed by atoms with van der Waals surface area (Å²) in [6.07, 6.45) is 3.11. The van der Waals surface area contributed by atoms with Crippen molar-refractivity contribution in [2.45, 2.75) is 59.6 Å². The van der Waals surface area contributed by atoms with Gasteiger partial charge in [0.05, 0.1) is 11.0 Å². The monoisotopic (exact) mass is 544 g/mol. The molecule has 4 aromatic rings. The predicted octanol–water partition coefficient (Wildman–Crippen LogP) is 4.60. The van der Waals surface area contributed by atoms with E-state index in [2.05, 4.69) is 58.1 Å². The largest absolute Gasteiger partial charge is 0.444 e. The smallest absolute Gasteiger partial charge is 0.410 e. The first-order valence-corrected chi connectivity index (χ1v) is 14.1. The molecule has 5 rings (SSSR count). The number of aromatic nitrogens is 6. The molecule has 0 radical (unpaired) electrons. The van der Waals surface area contributed by atoms with Crippen LogP contribution >= 0.6 is 0 Å². The van der Waals surface area contributed by atoms with Crippen molar-refractivity contribution in [3.05, 3.63) is 59.4 Å². The molecule has 3 aromatic heterocycles. The van der Waals surface area contributed by atoms with E-state index >= 15 is 0 Å². The molecule has 0 unspecified atom stereocenters. The average Bonchev–Trinajstić information content (AvgIpc) is 3.44. The Kier molecular flexibility index (Phi) is 7.89. The van der Waals surface area contributed by atoms with Crippen molar-refractivity contribution in [2.24, 2.45) is 13.0 Å². The molecule has 1 aliphatic rings. The van der Waals surface area contributed by atoms with Crippen LogP contribution in [-0.4, -0.2) is 77.4 Å². The lowest BCUT2D eigenvalue weighted by Gasteiger charge is -2.35. The molecule has 0 aliphatic carbocycles. The molecule has 0 saturated carbocycles. The number of imidazole rings is 1. The molecule has 1 saturated heterocycles. The molecule has 1 N–H and O–H groups in total. The van der Waals surface area contributed by atoms with Crippen molar-refractivity contribution < 1.29 is 9.53 Å². The summed E-state index contributed by atoms with van der Waals surface area (Å²) in [7, 11) is 1.94. The maximum atomic E-state index is 12.4. The Bertz CT molecular complexity index is 1470. The SMILES string of the molecule is CC(C)Cc1nc(-c2ccc3nc(Cc4cc(CN5CCN(C(=O)OC(C)(C)C)CC5)ccn4)[nH]c3c2)n(C)n1. The van der Waals surface area contributed by atoms with E-state index in [0.29, 0.717) is 25.4 Å². The second-order valence-electron chi connectivity index (χ2n) is 12.1. The van der Waals surface area contributed by atoms with Gasteiger partial charge in [0.2, 0.25) is 0 Å². The second-order valence-corrected chi connectivity index (χ2v) is 12.1. The number of benzene rings is 1. The zero-order valence-corrected chi connectivity index (χ0v) is 24.4. The van der Waals surface area contributed by atoms with E-state index in [1.54, 1.807) is 4.90 Å². The molecular formula is C30H40N8O2. The van der Waals surface area contributed by atoms with Crippen LogP contribution in [0, 0.1) is 5.92 Å². The van der Waals surface area contributed by atoms with Gasteiger partial charge in [-0.05, 0) is 62.6 Å². The molecule has 0 bridgehead atoms. The number of piperazine rings is 1. The van der Waals surface area contributed by atoms with Gasteiger partial charge in [-0.15, -0.1) is 0 Å². The minimum Gasteiger partial charge on any atom is -0.444 e. The Morgan fingerprint density at radius 3 is 2.58 bits per heavy atom. The Morgan fingerprint density at radius 1 is 1.07 bits per heavy atom. The average molecular weight is 545 g/mol. The van der Waals surface area contributed by atoms with E-state index in [0.717, 1.165) is 65.8 Å². The van der Waals surface area contributed by atoms with Crippen LogP contribution in [0.5, 0.6) is 0 Å². The van der Waals surface area contributed by atoms with Gasteiger partial charge in [-0.1, -0.05) is 13.8 Å². The van der Waals surface area contributed by atoms with Crippen molar-refractivity contribution in [2.75, 3.05) is 26.2 Å². The summed E-state index contributed by atoms with van der Waals surface area (Å²) in [5.74, 6) is 3.11. The summed E-state index contributed by atoms with van der Waals surface area (Å²) in [4.78, 5) is 34.2. The van der Waals surface area contributed by atoms with E-state index in [1.165, 1.54) is 5.56 Å². The maximum Gasteiger partial charge on any atom is 0.410 e. The number of nitrogens with zero attached hydrogens (tertiary/aromatic N) is 7. The number of pyridine rings is 1. The molecule has 0 atom stereocenters. The van der Waals surface area contributed by atoms with Crippen molar-refractivity contribution >= 4 is 17.1 Å². The van der Waals surface area contributed by atoms with E-state index in [9.17, 15) is 4.79 Å². The first-order chi connectivity index (χ1) is 19.0. The van der Waals surface area contributed by atoms with Crippen LogP contribution in [0.2, 0.25) is 0 Å². The second kappa shape index (κ2) is 11.4. The summed E-state index contributed by atoms with van der Waals surface area (Å²) in [5.41, 5.74) is 4.60. The minimum atomic E-state index is -0.475. The first-order valence-electron chi connectivity index (χ1n) is 14.1. The fourth-order valence-corrected chi connectivity index (χ4v) is 4.99. The van der Waals surface area contributed by atoms with Crippen molar-refractivity contribution in [3.63, 3.8) is 0 Å². The lowest BCUT2D eigenvalue weighted by molar-refractivity contribution is 0.0139. The number of carbonyl (C=O) groups excluding carboxylic acids is 1. The summed E-state index contributed by atoms with van der Waals surface area (Å²) in [5, 5.41) is 4.59. The van der Waals surface area contributed by atoms with Gasteiger partial charge in [-0.25, -0.2) is 19.4 Å². The molecule has 1 aliphatic heterocycles. The highest BCUT2D eigenvalue weighted by Crippen LogP contribution is 2.23. The Balaban J connectivity index is 1.22. The molecule has 4 heterocycles. The molecule has 10 heteroatoms. The highest BCUT2D eigenvalue weighted by atomic mass is 16.6. The molecule has 1 fully saturated rings. The number of hydrogen-bond donors (Lipinski definition) is 1. The number of rotatable bonds is 7. The summed E-state index contributed by atoms with van der Waals surface area (Å²) < 4.78 is 7.37. The van der Waals surface area contributed by atoms with E-state index in [-0.39, 0.29) is 6.09 Å². The quantitative estimate of drug-likeness (QED) is 0.363. The van der Waals surface area contributed by atoms with E-state index in [4.69, 9.17) is 14.7 Å². The van der Waals surface area contributed by atoms with Crippen LogP contribution in [0.4, 0.5) is 4.79 Å². The normalized spacial score (nSPS) is 14.8. The van der Waals surface area contributed by atoms with E-state index in [1.807, 2.05) is 44.8 Å². The fourth-order valence-electron chi connectivity index (χ4n) is 4.99. The third kappa shape index (κ3) is 6.85. The number of carbonyl (C=O) groups is 1. The predicted molar refractivity (Wildman–Crippen MR) is 155 cm³/mol. The number of ether oxygens (including phenoxy) is 1. The number of fused-ring (bicyclic) bond motifs is 1. The molecule has 0 spiro atoms. The van der Waals surface area contributed by atoms with Crippen molar-refractivity contribution in [1.29, 1.82) is 0 Å². The lowest BCUT2D eigenvalue weighted by Crippen LogP contribution is -2.49. The summed E-state index contributed by atoms with van der Waals surface area (Å²) in [6.45, 7) is 13.8. The van der Waals surface area contributed by atoms with Crippen LogP contribution in [-0.2, 0) is 31.2 Å². The lowest BCUT2D eigenvalue weighted by atomic mass is 10.1. The van der Waals surface area contributed by atoms with Gasteiger partial charge >= 0.3 is 6.09 Å². The first kappa shape index (κ1) is 27.8. The Labute approximate surface area is 235 Å². The number of H-pyrrole nitrogens is 1. The maximum absolute atomic E-state index is 12.4. The van der Waals surface area contributed by atoms with Gasteiger partial charge in [-0.2, -0.15) is 5.10 Å². The molecular weight excluding hydrogens is 504 g/mol. The topological polar surface area (TPSA) is 105 Å². The zero-order chi connectivity index (χ0) is 28.4. The van der Waals surface area contributed by atoms with Crippen LogP contribution in [0.1, 0.15) is 57.5 Å². The molecule has 212 valence electrons. The van der Waals surface area contributed by atoms with Crippen molar-refractivity contribution in [3.8, 4) is 11.4 Å². The third-order valence-electron chi connectivity index (χ3n) is 6.85. The summed E-state index contributed by atoms with van der Waals surface area (Å²) >= 11 is 0. The Hall–Kier alpha value is -3.79. The van der Waals surface area contributed by atoms with Crippen LogP contribution in [0.25, 0.3) is 22.4 Å². The summed E-state index contributed by atoms with van der Waals surface area (Å²) in [6, 6.07) is 10.4. The van der Waals surface area contributed by atoms with Gasteiger partial charge in [-0.3, -0.25) is 9.88 Å². The number of aromatic amines is 1. The van der Waals surface area contributed by atoms with Gasteiger partial charge < -0.3 is 14.6 Å². The number of aryl methyl sites for hydroxylation is 1. The molecule has 1 aromatic carbocycles. The van der Waals surface area contributed by atoms with E-state index < -0.39 is 5.60 Å². The standard InChI is InChI=1S/C30H40N8O2/c1-20(2)15-27-34-28(36(6)35-27)22-7-8-24-25(17-22)33-26(32-24)18-23-16-21(9-10-31-23)19-37-11-13-38(14-12-37)29(39)40-30(3,4)5/h7-10,16-17,20H,11-15,18-19H2,1-6H3,(H,32,33). The van der Waals surface area contributed by atoms with Crippen LogP contribution in [0.3, 0.4) is 0 Å². The zero-order valence-electron chi connectivity index (χ0n) is 24.4. The van der Waals surface area contributed by atoms with Crippen molar-refractivity contribution in [1.82, 2.24) is 39.5 Å². The fraction of sp³-hybridized carbons (Fsp3) is 0.500. The number of amides is 1. The highest BCUT2D eigenvalue weighted by molar-refractivity contribution is 5.80. The van der Waals surface area contributed by atoms with Gasteiger partial charge in [0.15, 0.2) is 11.6 Å². The minimum absolute atomic E-state index is 0.233.